The molecule has 2 aromatic carbocycles. The molecule has 7 heteroatoms. The van der Waals surface area contributed by atoms with E-state index in [4.69, 9.17) is 0 Å². The van der Waals surface area contributed by atoms with Crippen LogP contribution in [0.4, 0.5) is 10.1 Å². The van der Waals surface area contributed by atoms with Gasteiger partial charge in [0.1, 0.15) is 11.9 Å². The highest BCUT2D eigenvalue weighted by atomic mass is 19.1. The van der Waals surface area contributed by atoms with Crippen LogP contribution in [0.2, 0.25) is 0 Å². The second-order valence-corrected chi connectivity index (χ2v) is 7.15. The van der Waals surface area contributed by atoms with Crippen molar-refractivity contribution in [3.05, 3.63) is 65.5 Å². The maximum atomic E-state index is 14.1. The highest BCUT2D eigenvalue weighted by molar-refractivity contribution is 6.01. The van der Waals surface area contributed by atoms with Crippen molar-refractivity contribution in [2.24, 2.45) is 5.92 Å². The number of nitrogens with zero attached hydrogens (tertiary/aromatic N) is 2. The number of hydrogen-bond donors (Lipinski definition) is 1. The maximum Gasteiger partial charge on any atom is 0.326 e. The first kappa shape index (κ1) is 18.2. The van der Waals surface area contributed by atoms with Crippen molar-refractivity contribution >= 4 is 23.5 Å². The molecule has 2 aliphatic rings. The van der Waals surface area contributed by atoms with Gasteiger partial charge in [0, 0.05) is 25.9 Å². The molecule has 1 saturated heterocycles. The minimum Gasteiger partial charge on any atom is -0.480 e. The lowest BCUT2D eigenvalue weighted by Gasteiger charge is -2.35. The van der Waals surface area contributed by atoms with Gasteiger partial charge in [-0.25, -0.2) is 9.18 Å². The number of carbonyl (C=O) groups is 3. The van der Waals surface area contributed by atoms with Crippen LogP contribution in [0.3, 0.4) is 0 Å². The number of carboxylic acid groups (broad SMARTS) is 1. The van der Waals surface area contributed by atoms with Gasteiger partial charge in [-0.05, 0) is 23.3 Å². The van der Waals surface area contributed by atoms with Gasteiger partial charge in [-0.3, -0.25) is 9.59 Å². The molecule has 0 spiro atoms. The summed E-state index contributed by atoms with van der Waals surface area (Å²) >= 11 is 0. The maximum absolute atomic E-state index is 14.1. The second kappa shape index (κ2) is 7.07. The number of anilines is 1. The Balaban J connectivity index is 1.58. The zero-order valence-electron chi connectivity index (χ0n) is 15.0. The molecular weight excluding hydrogens is 363 g/mol. The molecule has 0 saturated carbocycles. The van der Waals surface area contributed by atoms with E-state index in [2.05, 4.69) is 0 Å². The Bertz CT molecular complexity index is 961. The number of para-hydroxylation sites is 1. The SMILES string of the molecule is O=C(O)C1Cc2ccccc2CN1C(=O)C1CC(=O)N(c2ccccc2F)C1. The molecule has 0 aliphatic carbocycles. The molecule has 1 N–H and O–H groups in total. The van der Waals surface area contributed by atoms with E-state index in [0.717, 1.165) is 11.1 Å². The molecule has 28 heavy (non-hydrogen) atoms. The van der Waals surface area contributed by atoms with E-state index in [1.807, 2.05) is 24.3 Å². The predicted molar refractivity (Wildman–Crippen MR) is 99.0 cm³/mol. The summed E-state index contributed by atoms with van der Waals surface area (Å²) in [6.45, 7) is 0.236. The summed E-state index contributed by atoms with van der Waals surface area (Å²) in [5, 5.41) is 9.62. The number of fused-ring (bicyclic) bond motifs is 1. The molecule has 1 fully saturated rings. The van der Waals surface area contributed by atoms with E-state index in [1.54, 1.807) is 6.07 Å². The van der Waals surface area contributed by atoms with Gasteiger partial charge >= 0.3 is 5.97 Å². The number of hydrogen-bond acceptors (Lipinski definition) is 3. The van der Waals surface area contributed by atoms with Crippen molar-refractivity contribution in [1.29, 1.82) is 0 Å². The molecule has 2 unspecified atom stereocenters. The molecule has 2 aliphatic heterocycles. The topological polar surface area (TPSA) is 77.9 Å². The zero-order valence-corrected chi connectivity index (χ0v) is 15.0. The normalized spacial score (nSPS) is 21.5. The molecule has 144 valence electrons. The Morgan fingerprint density at radius 2 is 1.68 bits per heavy atom. The fourth-order valence-electron chi connectivity index (χ4n) is 3.99. The van der Waals surface area contributed by atoms with Crippen LogP contribution in [0, 0.1) is 11.7 Å². The van der Waals surface area contributed by atoms with Crippen molar-refractivity contribution in [3.8, 4) is 0 Å². The summed E-state index contributed by atoms with van der Waals surface area (Å²) in [4.78, 5) is 39.9. The van der Waals surface area contributed by atoms with Crippen LogP contribution in [0.25, 0.3) is 0 Å². The van der Waals surface area contributed by atoms with Gasteiger partial charge in [-0.15, -0.1) is 0 Å². The molecule has 4 rings (SSSR count). The van der Waals surface area contributed by atoms with Gasteiger partial charge < -0.3 is 14.9 Å². The Kier molecular flexibility index (Phi) is 4.58. The summed E-state index contributed by atoms with van der Waals surface area (Å²) in [5.74, 6) is -3.02. The van der Waals surface area contributed by atoms with Crippen LogP contribution >= 0.6 is 0 Å². The van der Waals surface area contributed by atoms with Gasteiger partial charge in [-0.1, -0.05) is 36.4 Å². The van der Waals surface area contributed by atoms with Gasteiger partial charge in [0.25, 0.3) is 0 Å². The molecular formula is C21H19FN2O4. The van der Waals surface area contributed by atoms with Crippen LogP contribution in [-0.4, -0.2) is 40.4 Å². The molecule has 2 aromatic rings. The highest BCUT2D eigenvalue weighted by Crippen LogP contribution is 2.31. The fraction of sp³-hybridized carbons (Fsp3) is 0.286. The Morgan fingerprint density at radius 1 is 1.00 bits per heavy atom. The van der Waals surface area contributed by atoms with E-state index in [9.17, 15) is 23.9 Å². The summed E-state index contributed by atoms with van der Waals surface area (Å²) in [5.41, 5.74) is 1.96. The monoisotopic (exact) mass is 382 g/mol. The van der Waals surface area contributed by atoms with Crippen LogP contribution in [0.5, 0.6) is 0 Å². The standard InChI is InChI=1S/C21H19FN2O4/c22-16-7-3-4-8-17(16)23-12-15(10-19(23)25)20(26)24-11-14-6-2-1-5-13(14)9-18(24)21(27)28/h1-8,15,18H,9-12H2,(H,27,28). The average Bonchev–Trinajstić information content (AvgIpc) is 3.08. The second-order valence-electron chi connectivity index (χ2n) is 7.15. The van der Waals surface area contributed by atoms with Crippen molar-refractivity contribution in [3.63, 3.8) is 0 Å². The van der Waals surface area contributed by atoms with Crippen LogP contribution in [-0.2, 0) is 27.3 Å². The van der Waals surface area contributed by atoms with Gasteiger partial charge in [0.05, 0.1) is 11.6 Å². The number of halogens is 1. The smallest absolute Gasteiger partial charge is 0.326 e. The highest BCUT2D eigenvalue weighted by Gasteiger charge is 2.42. The first-order valence-corrected chi connectivity index (χ1v) is 9.10. The molecule has 0 bridgehead atoms. The van der Waals surface area contributed by atoms with Crippen LogP contribution in [0.15, 0.2) is 48.5 Å². The molecule has 6 nitrogen and oxygen atoms in total. The molecule has 2 amide bonds. The van der Waals surface area contributed by atoms with Crippen LogP contribution < -0.4 is 4.90 Å². The quantitative estimate of drug-likeness (QED) is 0.883. The van der Waals surface area contributed by atoms with E-state index in [1.165, 1.54) is 28.0 Å². The first-order valence-electron chi connectivity index (χ1n) is 9.10. The molecule has 2 heterocycles. The van der Waals surface area contributed by atoms with Crippen molar-refractivity contribution in [2.45, 2.75) is 25.4 Å². The van der Waals surface area contributed by atoms with E-state index in [-0.39, 0.29) is 43.4 Å². The number of carbonyl (C=O) groups excluding carboxylic acids is 2. The van der Waals surface area contributed by atoms with Gasteiger partial charge in [0.15, 0.2) is 0 Å². The van der Waals surface area contributed by atoms with E-state index in [0.29, 0.717) is 0 Å². The minimum atomic E-state index is -1.07. The number of carboxylic acids is 1. The Hall–Kier alpha value is -3.22. The average molecular weight is 382 g/mol. The third kappa shape index (κ3) is 3.13. The van der Waals surface area contributed by atoms with Gasteiger partial charge in [0.2, 0.25) is 11.8 Å². The third-order valence-electron chi connectivity index (χ3n) is 5.43. The largest absolute Gasteiger partial charge is 0.480 e. The zero-order chi connectivity index (χ0) is 19.8. The lowest BCUT2D eigenvalue weighted by Crippen LogP contribution is -2.51. The van der Waals surface area contributed by atoms with Crippen molar-refractivity contribution < 1.29 is 23.9 Å². The van der Waals surface area contributed by atoms with E-state index < -0.39 is 23.7 Å². The fourth-order valence-corrected chi connectivity index (χ4v) is 3.99. The van der Waals surface area contributed by atoms with Crippen LogP contribution in [0.1, 0.15) is 17.5 Å². The summed E-state index contributed by atoms with van der Waals surface area (Å²) < 4.78 is 14.1. The van der Waals surface area contributed by atoms with Crippen molar-refractivity contribution in [2.75, 3.05) is 11.4 Å². The Morgan fingerprint density at radius 3 is 2.39 bits per heavy atom. The predicted octanol–water partition coefficient (Wildman–Crippen LogP) is 2.22. The molecule has 2 atom stereocenters. The lowest BCUT2D eigenvalue weighted by molar-refractivity contribution is -0.153. The molecule has 0 radical (unpaired) electrons. The minimum absolute atomic E-state index is 0.0447. The van der Waals surface area contributed by atoms with Gasteiger partial charge in [-0.2, -0.15) is 0 Å². The summed E-state index contributed by atoms with van der Waals surface area (Å²) in [6.07, 6.45) is 0.173. The Labute approximate surface area is 161 Å². The van der Waals surface area contributed by atoms with E-state index >= 15 is 0 Å². The first-order chi connectivity index (χ1) is 13.5. The summed E-state index contributed by atoms with van der Waals surface area (Å²) in [6, 6.07) is 12.4. The summed E-state index contributed by atoms with van der Waals surface area (Å²) in [7, 11) is 0. The number of benzene rings is 2. The molecule has 0 aromatic heterocycles. The lowest BCUT2D eigenvalue weighted by atomic mass is 9.92. The van der Waals surface area contributed by atoms with Crippen molar-refractivity contribution in [1.82, 2.24) is 4.90 Å². The number of aliphatic carboxylic acids is 1. The number of rotatable bonds is 3. The third-order valence-corrected chi connectivity index (χ3v) is 5.43. The number of amides is 2.